The molecule has 1 fully saturated rings. The van der Waals surface area contributed by atoms with E-state index in [2.05, 4.69) is 10.2 Å². The second-order valence-electron chi connectivity index (χ2n) is 5.22. The van der Waals surface area contributed by atoms with E-state index < -0.39 is 11.4 Å². The van der Waals surface area contributed by atoms with E-state index in [-0.39, 0.29) is 12.5 Å². The number of nitrogens with zero attached hydrogens (tertiary/aromatic N) is 2. The molecule has 6 nitrogen and oxygen atoms in total. The lowest BCUT2D eigenvalue weighted by molar-refractivity contribution is -0.148. The number of H-pyrrole nitrogens is 1. The number of carboxylic acid groups (broad SMARTS) is 1. The van der Waals surface area contributed by atoms with Crippen molar-refractivity contribution in [3.63, 3.8) is 0 Å². The molecule has 0 aliphatic carbocycles. The van der Waals surface area contributed by atoms with Crippen LogP contribution in [0.1, 0.15) is 41.5 Å². The zero-order valence-electron chi connectivity index (χ0n) is 11.5. The van der Waals surface area contributed by atoms with Gasteiger partial charge in [-0.15, -0.1) is 0 Å². The SMILES string of the molecule is CCC1(C(=O)O)CCN(C(=O)c2c(C)n[nH]c2C)C1. The molecule has 1 amide bonds. The van der Waals surface area contributed by atoms with Crippen LogP contribution < -0.4 is 0 Å². The molecule has 1 saturated heterocycles. The molecule has 19 heavy (non-hydrogen) atoms. The molecule has 104 valence electrons. The predicted molar refractivity (Wildman–Crippen MR) is 68.9 cm³/mol. The summed E-state index contributed by atoms with van der Waals surface area (Å²) < 4.78 is 0. The lowest BCUT2D eigenvalue weighted by atomic mass is 9.84. The van der Waals surface area contributed by atoms with Crippen LogP contribution in [-0.4, -0.2) is 45.2 Å². The number of hydrogen-bond donors (Lipinski definition) is 2. The summed E-state index contributed by atoms with van der Waals surface area (Å²) in [5, 5.41) is 16.1. The number of likely N-dealkylation sites (tertiary alicyclic amines) is 1. The van der Waals surface area contributed by atoms with Gasteiger partial charge in [-0.2, -0.15) is 5.10 Å². The van der Waals surface area contributed by atoms with E-state index in [9.17, 15) is 14.7 Å². The van der Waals surface area contributed by atoms with Gasteiger partial charge in [-0.25, -0.2) is 0 Å². The van der Waals surface area contributed by atoms with Gasteiger partial charge in [-0.3, -0.25) is 14.7 Å². The smallest absolute Gasteiger partial charge is 0.311 e. The summed E-state index contributed by atoms with van der Waals surface area (Å²) in [7, 11) is 0. The van der Waals surface area contributed by atoms with Crippen molar-refractivity contribution in [3.05, 3.63) is 17.0 Å². The first-order valence-electron chi connectivity index (χ1n) is 6.45. The molecular formula is C13H19N3O3. The first-order valence-corrected chi connectivity index (χ1v) is 6.45. The maximum atomic E-state index is 12.4. The summed E-state index contributed by atoms with van der Waals surface area (Å²) in [6.45, 7) is 6.20. The van der Waals surface area contributed by atoms with E-state index >= 15 is 0 Å². The second kappa shape index (κ2) is 4.68. The van der Waals surface area contributed by atoms with E-state index in [1.807, 2.05) is 6.92 Å². The first kappa shape index (κ1) is 13.6. The van der Waals surface area contributed by atoms with E-state index in [1.54, 1.807) is 18.7 Å². The molecule has 1 unspecified atom stereocenters. The Hall–Kier alpha value is -1.85. The lowest BCUT2D eigenvalue weighted by Crippen LogP contribution is -2.36. The molecule has 1 aromatic heterocycles. The fraction of sp³-hybridized carbons (Fsp3) is 0.615. The topological polar surface area (TPSA) is 86.3 Å². The summed E-state index contributed by atoms with van der Waals surface area (Å²) in [5.74, 6) is -0.939. The highest BCUT2D eigenvalue weighted by molar-refractivity contribution is 5.97. The molecule has 2 N–H and O–H groups in total. The maximum Gasteiger partial charge on any atom is 0.311 e. The number of aryl methyl sites for hydroxylation is 2. The number of carboxylic acids is 1. The molecule has 0 spiro atoms. The monoisotopic (exact) mass is 265 g/mol. The quantitative estimate of drug-likeness (QED) is 0.863. The van der Waals surface area contributed by atoms with Gasteiger partial charge in [0, 0.05) is 18.8 Å². The zero-order valence-corrected chi connectivity index (χ0v) is 11.5. The van der Waals surface area contributed by atoms with Crippen LogP contribution in [0, 0.1) is 19.3 Å². The fourth-order valence-electron chi connectivity index (χ4n) is 2.68. The number of aromatic nitrogens is 2. The van der Waals surface area contributed by atoms with Gasteiger partial charge in [0.25, 0.3) is 5.91 Å². The number of aliphatic carboxylic acids is 1. The molecule has 0 saturated carbocycles. The van der Waals surface area contributed by atoms with Crippen LogP contribution in [0.4, 0.5) is 0 Å². The molecule has 0 bridgehead atoms. The van der Waals surface area contributed by atoms with Crippen LogP contribution in [-0.2, 0) is 4.79 Å². The van der Waals surface area contributed by atoms with Gasteiger partial charge in [0.1, 0.15) is 0 Å². The van der Waals surface area contributed by atoms with Gasteiger partial charge in [0.2, 0.25) is 0 Å². The first-order chi connectivity index (χ1) is 8.91. The predicted octanol–water partition coefficient (Wildman–Crippen LogP) is 1.35. The number of rotatable bonds is 3. The normalized spacial score (nSPS) is 22.8. The van der Waals surface area contributed by atoms with Crippen molar-refractivity contribution in [2.45, 2.75) is 33.6 Å². The molecule has 1 atom stereocenters. The number of carbonyl (C=O) groups excluding carboxylic acids is 1. The minimum absolute atomic E-state index is 0.125. The number of nitrogens with one attached hydrogen (secondary N) is 1. The van der Waals surface area contributed by atoms with E-state index in [1.165, 1.54) is 0 Å². The molecule has 2 heterocycles. The molecule has 6 heteroatoms. The highest BCUT2D eigenvalue weighted by atomic mass is 16.4. The van der Waals surface area contributed by atoms with Crippen molar-refractivity contribution in [3.8, 4) is 0 Å². The Labute approximate surface area is 111 Å². The Bertz CT molecular complexity index is 504. The standard InChI is InChI=1S/C13H19N3O3/c1-4-13(12(18)19)5-6-16(7-13)11(17)10-8(2)14-15-9(10)3/h4-7H2,1-3H3,(H,14,15)(H,18,19). The molecule has 0 radical (unpaired) electrons. The third kappa shape index (κ3) is 2.11. The minimum atomic E-state index is -0.814. The Morgan fingerprint density at radius 2 is 2.16 bits per heavy atom. The van der Waals surface area contributed by atoms with Gasteiger partial charge in [0.15, 0.2) is 0 Å². The second-order valence-corrected chi connectivity index (χ2v) is 5.22. The Morgan fingerprint density at radius 1 is 1.47 bits per heavy atom. The van der Waals surface area contributed by atoms with Crippen molar-refractivity contribution >= 4 is 11.9 Å². The number of amides is 1. The Balaban J connectivity index is 2.22. The summed E-state index contributed by atoms with van der Waals surface area (Å²) in [5.41, 5.74) is 1.16. The van der Waals surface area contributed by atoms with E-state index in [4.69, 9.17) is 0 Å². The third-order valence-corrected chi connectivity index (χ3v) is 4.11. The Morgan fingerprint density at radius 3 is 2.58 bits per heavy atom. The average Bonchev–Trinajstić information content (AvgIpc) is 2.94. The molecule has 2 rings (SSSR count). The minimum Gasteiger partial charge on any atom is -0.481 e. The van der Waals surface area contributed by atoms with Crippen LogP contribution in [0.5, 0.6) is 0 Å². The summed E-state index contributed by atoms with van der Waals surface area (Å²) >= 11 is 0. The molecule has 1 aliphatic rings. The summed E-state index contributed by atoms with van der Waals surface area (Å²) in [6.07, 6.45) is 1.05. The van der Waals surface area contributed by atoms with Gasteiger partial charge in [0.05, 0.1) is 16.7 Å². The Kier molecular flexibility index (Phi) is 3.34. The summed E-state index contributed by atoms with van der Waals surface area (Å²) in [6, 6.07) is 0. The van der Waals surface area contributed by atoms with E-state index in [0.29, 0.717) is 30.6 Å². The van der Waals surface area contributed by atoms with E-state index in [0.717, 1.165) is 5.69 Å². The van der Waals surface area contributed by atoms with Crippen molar-refractivity contribution in [2.24, 2.45) is 5.41 Å². The van der Waals surface area contributed by atoms with Crippen LogP contribution in [0.15, 0.2) is 0 Å². The molecule has 1 aliphatic heterocycles. The van der Waals surface area contributed by atoms with Gasteiger partial charge >= 0.3 is 5.97 Å². The van der Waals surface area contributed by atoms with Gasteiger partial charge < -0.3 is 10.0 Å². The van der Waals surface area contributed by atoms with Crippen molar-refractivity contribution < 1.29 is 14.7 Å². The van der Waals surface area contributed by atoms with Crippen LogP contribution in [0.25, 0.3) is 0 Å². The van der Waals surface area contributed by atoms with Gasteiger partial charge in [-0.1, -0.05) is 6.92 Å². The summed E-state index contributed by atoms with van der Waals surface area (Å²) in [4.78, 5) is 25.5. The zero-order chi connectivity index (χ0) is 14.2. The van der Waals surface area contributed by atoms with Gasteiger partial charge in [-0.05, 0) is 26.7 Å². The third-order valence-electron chi connectivity index (χ3n) is 4.11. The van der Waals surface area contributed by atoms with Crippen molar-refractivity contribution in [1.82, 2.24) is 15.1 Å². The number of hydrogen-bond acceptors (Lipinski definition) is 3. The van der Waals surface area contributed by atoms with Crippen LogP contribution >= 0.6 is 0 Å². The lowest BCUT2D eigenvalue weighted by Gasteiger charge is -2.23. The molecule has 1 aromatic rings. The number of carbonyl (C=O) groups is 2. The maximum absolute atomic E-state index is 12.4. The van der Waals surface area contributed by atoms with Crippen molar-refractivity contribution in [2.75, 3.05) is 13.1 Å². The average molecular weight is 265 g/mol. The molecule has 0 aromatic carbocycles. The number of aromatic amines is 1. The highest BCUT2D eigenvalue weighted by Crippen LogP contribution is 2.35. The van der Waals surface area contributed by atoms with Crippen LogP contribution in [0.3, 0.4) is 0 Å². The molecular weight excluding hydrogens is 246 g/mol. The largest absolute Gasteiger partial charge is 0.481 e. The van der Waals surface area contributed by atoms with Crippen LogP contribution in [0.2, 0.25) is 0 Å². The fourth-order valence-corrected chi connectivity index (χ4v) is 2.68. The highest BCUT2D eigenvalue weighted by Gasteiger charge is 2.45. The van der Waals surface area contributed by atoms with Crippen molar-refractivity contribution in [1.29, 1.82) is 0 Å².